The molecule has 1 aliphatic rings. The van der Waals surface area contributed by atoms with E-state index < -0.39 is 16.2 Å². The molecule has 1 atom stereocenters. The Bertz CT molecular complexity index is 1110. The minimum atomic E-state index is -4.13. The van der Waals surface area contributed by atoms with Gasteiger partial charge in [0.1, 0.15) is 0 Å². The van der Waals surface area contributed by atoms with Crippen molar-refractivity contribution < 1.29 is 13.0 Å². The fourth-order valence-electron chi connectivity index (χ4n) is 3.67. The summed E-state index contributed by atoms with van der Waals surface area (Å²) >= 11 is 1.68. The van der Waals surface area contributed by atoms with E-state index in [1.54, 1.807) is 18.0 Å². The second-order valence-electron chi connectivity index (χ2n) is 7.15. The van der Waals surface area contributed by atoms with Crippen molar-refractivity contribution in [2.75, 3.05) is 10.7 Å². The molecule has 0 saturated carbocycles. The van der Waals surface area contributed by atoms with Crippen molar-refractivity contribution >= 4 is 33.3 Å². The van der Waals surface area contributed by atoms with Crippen molar-refractivity contribution in [3.8, 4) is 0 Å². The number of aromatic nitrogens is 2. The summed E-state index contributed by atoms with van der Waals surface area (Å²) in [4.78, 5) is 13.5. The molecule has 1 aliphatic heterocycles. The molecule has 0 fully saturated rings. The molecule has 0 amide bonds. The molecule has 1 unspecified atom stereocenters. The van der Waals surface area contributed by atoms with Crippen LogP contribution >= 0.6 is 11.8 Å². The SMILES string of the molecule is CCCc1ccnc(C(CCS(=O)(=O)O)N2c3ccccc3Sc3ccccc32)n1. The maximum absolute atomic E-state index is 11.6. The molecule has 0 radical (unpaired) electrons. The zero-order chi connectivity index (χ0) is 21.1. The van der Waals surface area contributed by atoms with Crippen molar-refractivity contribution in [2.24, 2.45) is 0 Å². The molecule has 0 spiro atoms. The van der Waals surface area contributed by atoms with Crippen LogP contribution in [0, 0.1) is 0 Å². The second kappa shape index (κ2) is 8.75. The number of aryl methyl sites for hydroxylation is 1. The van der Waals surface area contributed by atoms with Gasteiger partial charge in [-0.1, -0.05) is 49.4 Å². The summed E-state index contributed by atoms with van der Waals surface area (Å²) in [6.07, 6.45) is 3.67. The first-order valence-electron chi connectivity index (χ1n) is 9.88. The number of hydrogen-bond donors (Lipinski definition) is 1. The summed E-state index contributed by atoms with van der Waals surface area (Å²) < 4.78 is 32.7. The lowest BCUT2D eigenvalue weighted by Crippen LogP contribution is -2.30. The highest BCUT2D eigenvalue weighted by Crippen LogP contribution is 2.51. The Labute approximate surface area is 181 Å². The normalized spacial score (nSPS) is 14.1. The summed E-state index contributed by atoms with van der Waals surface area (Å²) in [5.41, 5.74) is 2.88. The van der Waals surface area contributed by atoms with Crippen molar-refractivity contribution in [2.45, 2.75) is 42.0 Å². The topological polar surface area (TPSA) is 83.4 Å². The molecular weight excluding hydrogens is 418 g/mol. The zero-order valence-corrected chi connectivity index (χ0v) is 18.2. The van der Waals surface area contributed by atoms with Gasteiger partial charge in [0, 0.05) is 21.7 Å². The van der Waals surface area contributed by atoms with Gasteiger partial charge in [0.05, 0.1) is 23.2 Å². The minimum absolute atomic E-state index is 0.168. The van der Waals surface area contributed by atoms with E-state index in [1.165, 1.54) is 0 Å². The predicted octanol–water partition coefficient (Wildman–Crippen LogP) is 5.05. The van der Waals surface area contributed by atoms with Gasteiger partial charge in [-0.15, -0.1) is 0 Å². The van der Waals surface area contributed by atoms with Crippen molar-refractivity contribution in [3.63, 3.8) is 0 Å². The van der Waals surface area contributed by atoms with E-state index in [-0.39, 0.29) is 12.2 Å². The number of hydrogen-bond acceptors (Lipinski definition) is 6. The Balaban J connectivity index is 1.86. The third-order valence-corrected chi connectivity index (χ3v) is 6.85. The molecule has 0 aliphatic carbocycles. The van der Waals surface area contributed by atoms with Crippen LogP contribution in [0.4, 0.5) is 11.4 Å². The minimum Gasteiger partial charge on any atom is -0.329 e. The standard InChI is InChI=1S/C22H23N3O3S2/c1-2-7-16-12-14-23-22(24-16)19(13-15-30(26,27)28)25-17-8-3-5-10-20(17)29-21-11-6-4-9-18(21)25/h3-6,8-12,14,19H,2,7,13,15H2,1H3,(H,26,27,28). The third kappa shape index (κ3) is 4.50. The Morgan fingerprint density at radius 2 is 1.67 bits per heavy atom. The molecule has 30 heavy (non-hydrogen) atoms. The molecule has 1 aromatic heterocycles. The number of anilines is 2. The van der Waals surface area contributed by atoms with Crippen LogP contribution in [-0.4, -0.2) is 28.7 Å². The molecule has 6 nitrogen and oxygen atoms in total. The first-order valence-corrected chi connectivity index (χ1v) is 12.3. The highest BCUT2D eigenvalue weighted by molar-refractivity contribution is 7.99. The van der Waals surface area contributed by atoms with Crippen molar-refractivity contribution in [3.05, 3.63) is 72.3 Å². The number of para-hydroxylation sites is 2. The third-order valence-electron chi connectivity index (χ3n) is 4.97. The van der Waals surface area contributed by atoms with E-state index in [4.69, 9.17) is 4.98 Å². The lowest BCUT2D eigenvalue weighted by molar-refractivity contribution is 0.475. The number of fused-ring (bicyclic) bond motifs is 2. The first kappa shape index (κ1) is 20.8. The van der Waals surface area contributed by atoms with Crippen molar-refractivity contribution in [1.82, 2.24) is 9.97 Å². The van der Waals surface area contributed by atoms with Crippen LogP contribution in [0.3, 0.4) is 0 Å². The van der Waals surface area contributed by atoms with Crippen molar-refractivity contribution in [1.29, 1.82) is 0 Å². The smallest absolute Gasteiger partial charge is 0.264 e. The number of nitrogens with zero attached hydrogens (tertiary/aromatic N) is 3. The van der Waals surface area contributed by atoms with Gasteiger partial charge in [0.25, 0.3) is 10.1 Å². The van der Waals surface area contributed by atoms with E-state index >= 15 is 0 Å². The highest BCUT2D eigenvalue weighted by atomic mass is 32.2. The molecule has 8 heteroatoms. The van der Waals surface area contributed by atoms with Gasteiger partial charge in [0.2, 0.25) is 0 Å². The van der Waals surface area contributed by atoms with E-state index in [0.717, 1.165) is 39.7 Å². The average molecular weight is 442 g/mol. The van der Waals surface area contributed by atoms with Gasteiger partial charge >= 0.3 is 0 Å². The average Bonchev–Trinajstić information content (AvgIpc) is 2.73. The second-order valence-corrected chi connectivity index (χ2v) is 9.81. The summed E-state index contributed by atoms with van der Waals surface area (Å²) in [6, 6.07) is 17.5. The zero-order valence-electron chi connectivity index (χ0n) is 16.6. The predicted molar refractivity (Wildman–Crippen MR) is 119 cm³/mol. The van der Waals surface area contributed by atoms with Crippen LogP contribution in [-0.2, 0) is 16.5 Å². The molecule has 156 valence electrons. The summed E-state index contributed by atoms with van der Waals surface area (Å²) in [7, 11) is -4.13. The molecular formula is C22H23N3O3S2. The molecule has 2 aromatic carbocycles. The number of rotatable bonds is 7. The molecule has 0 bridgehead atoms. The Kier molecular flexibility index (Phi) is 6.08. The first-order chi connectivity index (χ1) is 14.5. The van der Waals surface area contributed by atoms with E-state index in [2.05, 4.69) is 28.9 Å². The molecule has 4 rings (SSSR count). The van der Waals surface area contributed by atoms with Gasteiger partial charge in [0.15, 0.2) is 5.82 Å². The lowest BCUT2D eigenvalue weighted by Gasteiger charge is -2.38. The van der Waals surface area contributed by atoms with Gasteiger partial charge in [-0.05, 0) is 43.2 Å². The van der Waals surface area contributed by atoms with Gasteiger partial charge in [-0.25, -0.2) is 9.97 Å². The monoisotopic (exact) mass is 441 g/mol. The lowest BCUT2D eigenvalue weighted by atomic mass is 10.1. The number of benzene rings is 2. The Morgan fingerprint density at radius 1 is 1.03 bits per heavy atom. The van der Waals surface area contributed by atoms with Crippen LogP contribution in [0.2, 0.25) is 0 Å². The molecule has 2 heterocycles. The Morgan fingerprint density at radius 3 is 2.27 bits per heavy atom. The maximum Gasteiger partial charge on any atom is 0.264 e. The Hall–Kier alpha value is -2.42. The largest absolute Gasteiger partial charge is 0.329 e. The van der Waals surface area contributed by atoms with E-state index in [9.17, 15) is 13.0 Å². The summed E-state index contributed by atoms with van der Waals surface area (Å²) in [6.45, 7) is 2.09. The fourth-order valence-corrected chi connectivity index (χ4v) is 5.27. The van der Waals surface area contributed by atoms with Gasteiger partial charge in [-0.2, -0.15) is 8.42 Å². The van der Waals surface area contributed by atoms with Gasteiger partial charge < -0.3 is 4.90 Å². The van der Waals surface area contributed by atoms with Gasteiger partial charge in [-0.3, -0.25) is 4.55 Å². The quantitative estimate of drug-likeness (QED) is 0.514. The van der Waals surface area contributed by atoms with Crippen LogP contribution in [0.25, 0.3) is 0 Å². The maximum atomic E-state index is 11.6. The van der Waals surface area contributed by atoms with E-state index in [1.807, 2.05) is 42.5 Å². The summed E-state index contributed by atoms with van der Waals surface area (Å²) in [5, 5.41) is 0. The van der Waals surface area contributed by atoms with Crippen LogP contribution < -0.4 is 4.90 Å². The highest BCUT2D eigenvalue weighted by Gasteiger charge is 2.32. The van der Waals surface area contributed by atoms with Crippen LogP contribution in [0.5, 0.6) is 0 Å². The summed E-state index contributed by atoms with van der Waals surface area (Å²) in [5.74, 6) is 0.189. The molecule has 3 aromatic rings. The molecule has 0 saturated heterocycles. The van der Waals surface area contributed by atoms with E-state index in [0.29, 0.717) is 5.82 Å². The van der Waals surface area contributed by atoms with Crippen LogP contribution in [0.15, 0.2) is 70.6 Å². The molecule has 1 N–H and O–H groups in total. The fraction of sp³-hybridized carbons (Fsp3) is 0.273. The van der Waals surface area contributed by atoms with Crippen LogP contribution in [0.1, 0.15) is 37.3 Å².